The average molecular weight is 667 g/mol. The molecule has 5 nitrogen and oxygen atoms in total. The molecule has 1 fully saturated rings. The van der Waals surface area contributed by atoms with E-state index in [9.17, 15) is 20.0 Å². The van der Waals surface area contributed by atoms with Crippen LogP contribution in [0.2, 0.25) is 20.1 Å². The van der Waals surface area contributed by atoms with Gasteiger partial charge < -0.3 is 9.84 Å². The second-order valence-electron chi connectivity index (χ2n) is 10.8. The zero-order valence-corrected chi connectivity index (χ0v) is 26.5. The van der Waals surface area contributed by atoms with Crippen LogP contribution in [-0.4, -0.2) is 23.5 Å². The lowest BCUT2D eigenvalue weighted by atomic mass is 9.47. The first-order valence-corrected chi connectivity index (χ1v) is 15.4. The molecule has 224 valence electrons. The molecule has 5 atom stereocenters. The monoisotopic (exact) mass is 665 g/mol. The van der Waals surface area contributed by atoms with Crippen LogP contribution in [0.25, 0.3) is 0 Å². The van der Waals surface area contributed by atoms with Crippen LogP contribution in [0.4, 0.5) is 0 Å². The molecular weight excluding hydrogens is 640 g/mol. The van der Waals surface area contributed by atoms with Crippen LogP contribution in [-0.2, 0) is 15.1 Å². The highest BCUT2D eigenvalue weighted by Crippen LogP contribution is 2.64. The molecule has 1 N–H and O–H groups in total. The fourth-order valence-corrected chi connectivity index (χ4v) is 6.97. The van der Waals surface area contributed by atoms with Crippen molar-refractivity contribution in [2.24, 2.45) is 11.3 Å². The molecule has 1 aliphatic rings. The van der Waals surface area contributed by atoms with Gasteiger partial charge in [-0.05, 0) is 90.7 Å². The molecule has 5 rings (SSSR count). The molecule has 0 heterocycles. The van der Waals surface area contributed by atoms with Gasteiger partial charge in [0.25, 0.3) is 0 Å². The number of hydrogen-bond donors (Lipinski definition) is 1. The number of esters is 1. The number of nitrogens with zero attached hydrogens (tertiary/aromatic N) is 1. The summed E-state index contributed by atoms with van der Waals surface area (Å²) in [7, 11) is 0. The summed E-state index contributed by atoms with van der Waals surface area (Å²) in [5, 5.41) is 25.9. The van der Waals surface area contributed by atoms with Crippen molar-refractivity contribution in [2.75, 3.05) is 6.61 Å². The van der Waals surface area contributed by atoms with Crippen LogP contribution in [0.15, 0.2) is 97.1 Å². The largest absolute Gasteiger partial charge is 0.465 e. The first-order chi connectivity index (χ1) is 21.0. The van der Waals surface area contributed by atoms with E-state index in [0.29, 0.717) is 36.8 Å². The van der Waals surface area contributed by atoms with Gasteiger partial charge in [-0.3, -0.25) is 9.59 Å². The second kappa shape index (κ2) is 12.9. The molecule has 4 aromatic carbocycles. The number of carbonyl (C=O) groups is 2. The SMILES string of the molecule is CCOC(=O)[C@]1(C#N)[C@H](c2ccc(Cl)cc2)C[C@](O)(c2ccc(Cl)cc2)[C@H](C(=O)c2ccc(Cl)cc2)[C@@H]1c1ccc(Cl)cc1. The van der Waals surface area contributed by atoms with Crippen LogP contribution in [0, 0.1) is 22.7 Å². The fraction of sp³-hybridized carbons (Fsp3) is 0.229. The summed E-state index contributed by atoms with van der Waals surface area (Å²) in [4.78, 5) is 29.0. The highest BCUT2D eigenvalue weighted by Gasteiger charge is 2.67. The van der Waals surface area contributed by atoms with Crippen molar-refractivity contribution in [3.8, 4) is 6.07 Å². The third kappa shape index (κ3) is 5.74. The van der Waals surface area contributed by atoms with E-state index in [-0.39, 0.29) is 18.6 Å². The Morgan fingerprint density at radius 1 is 0.795 bits per heavy atom. The van der Waals surface area contributed by atoms with E-state index in [0.717, 1.165) is 0 Å². The predicted molar refractivity (Wildman–Crippen MR) is 172 cm³/mol. The van der Waals surface area contributed by atoms with Crippen LogP contribution < -0.4 is 0 Å². The van der Waals surface area contributed by atoms with Crippen molar-refractivity contribution in [2.45, 2.75) is 30.8 Å². The molecule has 0 amide bonds. The summed E-state index contributed by atoms with van der Waals surface area (Å²) < 4.78 is 5.62. The second-order valence-corrected chi connectivity index (χ2v) is 12.6. The Labute approximate surface area is 275 Å². The molecular formula is C35H27Cl4NO4. The number of halogens is 4. The van der Waals surface area contributed by atoms with Crippen molar-refractivity contribution in [3.63, 3.8) is 0 Å². The number of carbonyl (C=O) groups excluding carboxylic acids is 2. The van der Waals surface area contributed by atoms with Gasteiger partial charge in [0.05, 0.1) is 18.6 Å². The van der Waals surface area contributed by atoms with Gasteiger partial charge in [-0.15, -0.1) is 0 Å². The first-order valence-electron chi connectivity index (χ1n) is 13.9. The Kier molecular flexibility index (Phi) is 9.41. The highest BCUT2D eigenvalue weighted by atomic mass is 35.5. The van der Waals surface area contributed by atoms with Gasteiger partial charge in [0.1, 0.15) is 5.60 Å². The van der Waals surface area contributed by atoms with Gasteiger partial charge in [0.15, 0.2) is 11.2 Å². The van der Waals surface area contributed by atoms with Gasteiger partial charge in [0, 0.05) is 37.5 Å². The lowest BCUT2D eigenvalue weighted by Gasteiger charge is -2.54. The number of rotatable bonds is 7. The summed E-state index contributed by atoms with van der Waals surface area (Å²) >= 11 is 24.9. The smallest absolute Gasteiger partial charge is 0.327 e. The normalized spacial score (nSPS) is 24.7. The number of aliphatic hydroxyl groups is 1. The van der Waals surface area contributed by atoms with Crippen LogP contribution >= 0.6 is 46.4 Å². The molecule has 0 saturated heterocycles. The molecule has 0 unspecified atom stereocenters. The van der Waals surface area contributed by atoms with Crippen molar-refractivity contribution in [1.82, 2.24) is 0 Å². The molecule has 0 spiro atoms. The molecule has 0 radical (unpaired) electrons. The summed E-state index contributed by atoms with van der Waals surface area (Å²) in [6.07, 6.45) is -0.170. The van der Waals surface area contributed by atoms with Crippen molar-refractivity contribution in [1.29, 1.82) is 5.26 Å². The van der Waals surface area contributed by atoms with E-state index in [1.807, 2.05) is 0 Å². The summed E-state index contributed by atoms with van der Waals surface area (Å²) in [6.45, 7) is 1.65. The van der Waals surface area contributed by atoms with Gasteiger partial charge >= 0.3 is 5.97 Å². The van der Waals surface area contributed by atoms with Gasteiger partial charge in [-0.25, -0.2) is 0 Å². The Balaban J connectivity index is 1.89. The van der Waals surface area contributed by atoms with Crippen molar-refractivity contribution < 1.29 is 19.4 Å². The van der Waals surface area contributed by atoms with E-state index in [2.05, 4.69) is 6.07 Å². The van der Waals surface area contributed by atoms with Gasteiger partial charge in [0.2, 0.25) is 0 Å². The van der Waals surface area contributed by atoms with E-state index in [4.69, 9.17) is 51.1 Å². The maximum Gasteiger partial charge on any atom is 0.327 e. The molecule has 0 aromatic heterocycles. The molecule has 0 aliphatic heterocycles. The van der Waals surface area contributed by atoms with Crippen molar-refractivity contribution in [3.05, 3.63) is 139 Å². The number of ether oxygens (including phenoxy) is 1. The van der Waals surface area contributed by atoms with Crippen LogP contribution in [0.3, 0.4) is 0 Å². The van der Waals surface area contributed by atoms with Crippen molar-refractivity contribution >= 4 is 58.2 Å². The highest BCUT2D eigenvalue weighted by molar-refractivity contribution is 6.31. The summed E-state index contributed by atoms with van der Waals surface area (Å²) in [5.74, 6) is -4.73. The number of benzene rings is 4. The molecule has 1 aliphatic carbocycles. The number of Topliss-reactive ketones (excluding diaryl/α,β-unsaturated/α-hetero) is 1. The standard InChI is InChI=1S/C35H27Cl4NO4/c1-2-44-33(42)34(20-40)29(21-3-11-25(36)12-4-21)19-35(43,24-9-17-28(39)18-10-24)31(30(34)22-5-13-26(37)14-6-22)32(41)23-7-15-27(38)16-8-23/h3-18,29-31,43H,2,19H2,1H3/t29-,30-,31-,34+,35-/m0/s1. The minimum Gasteiger partial charge on any atom is -0.465 e. The van der Waals surface area contributed by atoms with E-state index < -0.39 is 40.5 Å². The lowest BCUT2D eigenvalue weighted by Crippen LogP contribution is -2.59. The maximum atomic E-state index is 14.8. The maximum absolute atomic E-state index is 14.8. The quantitative estimate of drug-likeness (QED) is 0.157. The lowest BCUT2D eigenvalue weighted by molar-refractivity contribution is -0.164. The van der Waals surface area contributed by atoms with Gasteiger partial charge in [-0.1, -0.05) is 82.8 Å². The predicted octanol–water partition coefficient (Wildman–Crippen LogP) is 9.03. The average Bonchev–Trinajstić information content (AvgIpc) is 3.02. The topological polar surface area (TPSA) is 87.4 Å². The van der Waals surface area contributed by atoms with E-state index >= 15 is 0 Å². The van der Waals surface area contributed by atoms with Crippen LogP contribution in [0.1, 0.15) is 52.2 Å². The zero-order valence-electron chi connectivity index (χ0n) is 23.5. The summed E-state index contributed by atoms with van der Waals surface area (Å²) in [5.41, 5.74) is -2.14. The number of ketones is 1. The minimum absolute atomic E-state index is 0.000187. The number of nitriles is 1. The molecule has 44 heavy (non-hydrogen) atoms. The Morgan fingerprint density at radius 3 is 1.73 bits per heavy atom. The third-order valence-corrected chi connectivity index (χ3v) is 9.47. The Morgan fingerprint density at radius 2 is 1.25 bits per heavy atom. The zero-order chi connectivity index (χ0) is 31.6. The Hall–Kier alpha value is -3.37. The van der Waals surface area contributed by atoms with Crippen LogP contribution in [0.5, 0.6) is 0 Å². The molecule has 0 bridgehead atoms. The third-order valence-electron chi connectivity index (χ3n) is 8.46. The van der Waals surface area contributed by atoms with Gasteiger partial charge in [-0.2, -0.15) is 5.26 Å². The first kappa shape index (κ1) is 32.0. The van der Waals surface area contributed by atoms with E-state index in [1.165, 1.54) is 0 Å². The fourth-order valence-electron chi connectivity index (χ4n) is 6.47. The summed E-state index contributed by atoms with van der Waals surface area (Å²) in [6, 6.07) is 28.6. The molecule has 9 heteroatoms. The van der Waals surface area contributed by atoms with E-state index in [1.54, 1.807) is 104 Å². The Bertz CT molecular complexity index is 1700. The minimum atomic E-state index is -1.96. The molecule has 1 saturated carbocycles. The molecule has 4 aromatic rings. The number of hydrogen-bond acceptors (Lipinski definition) is 5.